The molecular formula is C9H15ClN2. The van der Waals surface area contributed by atoms with Crippen molar-refractivity contribution in [1.82, 2.24) is 9.55 Å². The van der Waals surface area contributed by atoms with Gasteiger partial charge in [-0.1, -0.05) is 20.8 Å². The molecule has 0 amide bonds. The minimum absolute atomic E-state index is 0.0301. The lowest BCUT2D eigenvalue weighted by atomic mass is 9.91. The minimum Gasteiger partial charge on any atom is -0.337 e. The highest BCUT2D eigenvalue weighted by atomic mass is 35.5. The molecule has 0 fully saturated rings. The number of hydrogen-bond donors (Lipinski definition) is 0. The molecule has 0 spiro atoms. The van der Waals surface area contributed by atoms with Crippen molar-refractivity contribution in [3.63, 3.8) is 0 Å². The van der Waals surface area contributed by atoms with Crippen LogP contribution in [0.5, 0.6) is 0 Å². The van der Waals surface area contributed by atoms with Gasteiger partial charge in [-0.15, -0.1) is 11.6 Å². The van der Waals surface area contributed by atoms with Gasteiger partial charge >= 0.3 is 0 Å². The normalized spacial score (nSPS) is 14.8. The van der Waals surface area contributed by atoms with E-state index in [1.54, 1.807) is 6.20 Å². The smallest absolute Gasteiger partial charge is 0.127 e. The van der Waals surface area contributed by atoms with Gasteiger partial charge in [0.15, 0.2) is 0 Å². The molecule has 0 radical (unpaired) electrons. The summed E-state index contributed by atoms with van der Waals surface area (Å²) in [6, 6.07) is 0. The Morgan fingerprint density at radius 3 is 2.42 bits per heavy atom. The van der Waals surface area contributed by atoms with E-state index in [9.17, 15) is 0 Å². The van der Waals surface area contributed by atoms with Crippen molar-refractivity contribution in [3.8, 4) is 0 Å². The summed E-state index contributed by atoms with van der Waals surface area (Å²) < 4.78 is 1.96. The molecule has 0 unspecified atom stereocenters. The number of aromatic nitrogens is 2. The first-order valence-corrected chi connectivity index (χ1v) is 4.48. The van der Waals surface area contributed by atoms with Crippen molar-refractivity contribution in [1.29, 1.82) is 0 Å². The topological polar surface area (TPSA) is 17.8 Å². The maximum Gasteiger partial charge on any atom is 0.127 e. The van der Waals surface area contributed by atoms with Crippen molar-refractivity contribution in [3.05, 3.63) is 18.2 Å². The monoisotopic (exact) mass is 186 g/mol. The van der Waals surface area contributed by atoms with Crippen LogP contribution < -0.4 is 0 Å². The van der Waals surface area contributed by atoms with Gasteiger partial charge in [-0.3, -0.25) is 0 Å². The van der Waals surface area contributed by atoms with Gasteiger partial charge in [0.2, 0.25) is 0 Å². The Morgan fingerprint density at radius 1 is 1.50 bits per heavy atom. The largest absolute Gasteiger partial charge is 0.337 e. The zero-order valence-corrected chi connectivity index (χ0v) is 8.76. The van der Waals surface area contributed by atoms with Crippen LogP contribution in [0.15, 0.2) is 12.4 Å². The quantitative estimate of drug-likeness (QED) is 0.617. The van der Waals surface area contributed by atoms with E-state index in [4.69, 9.17) is 11.6 Å². The van der Waals surface area contributed by atoms with Gasteiger partial charge in [0, 0.05) is 19.4 Å². The highest BCUT2D eigenvalue weighted by Crippen LogP contribution is 2.36. The molecular weight excluding hydrogens is 172 g/mol. The van der Waals surface area contributed by atoms with Crippen molar-refractivity contribution in [2.75, 3.05) is 0 Å². The highest BCUT2D eigenvalue weighted by Gasteiger charge is 2.26. The van der Waals surface area contributed by atoms with Gasteiger partial charge < -0.3 is 4.57 Å². The third-order valence-electron chi connectivity index (χ3n) is 1.85. The first kappa shape index (κ1) is 9.59. The Labute approximate surface area is 78.6 Å². The molecule has 1 atom stereocenters. The van der Waals surface area contributed by atoms with Gasteiger partial charge in [0.05, 0.1) is 5.38 Å². The molecule has 0 aliphatic rings. The zero-order chi connectivity index (χ0) is 9.35. The third-order valence-corrected chi connectivity index (χ3v) is 2.70. The second-order valence-corrected chi connectivity index (χ2v) is 4.56. The van der Waals surface area contributed by atoms with Crippen LogP contribution in [0.25, 0.3) is 0 Å². The number of hydrogen-bond acceptors (Lipinski definition) is 1. The molecule has 2 nitrogen and oxygen atoms in total. The summed E-state index contributed by atoms with van der Waals surface area (Å²) in [7, 11) is 1.96. The van der Waals surface area contributed by atoms with Gasteiger partial charge in [0.1, 0.15) is 5.82 Å². The fourth-order valence-electron chi connectivity index (χ4n) is 1.01. The van der Waals surface area contributed by atoms with Crippen molar-refractivity contribution < 1.29 is 0 Å². The summed E-state index contributed by atoms with van der Waals surface area (Å²) in [5, 5.41) is -0.0301. The van der Waals surface area contributed by atoms with E-state index in [2.05, 4.69) is 25.8 Å². The molecule has 0 aliphatic carbocycles. The van der Waals surface area contributed by atoms with E-state index in [1.807, 2.05) is 17.8 Å². The SMILES string of the molecule is Cn1ccnc1[C@@H](Cl)C(C)(C)C. The Hall–Kier alpha value is -0.500. The Balaban J connectivity index is 2.92. The van der Waals surface area contributed by atoms with Gasteiger partial charge in [-0.2, -0.15) is 0 Å². The molecule has 12 heavy (non-hydrogen) atoms. The average molecular weight is 187 g/mol. The second kappa shape index (κ2) is 3.09. The Morgan fingerprint density at radius 2 is 2.08 bits per heavy atom. The standard InChI is InChI=1S/C9H15ClN2/c1-9(2,3)7(10)8-11-5-6-12(8)4/h5-7H,1-4H3/t7-/m1/s1. The molecule has 0 aromatic carbocycles. The van der Waals surface area contributed by atoms with E-state index in [1.165, 1.54) is 0 Å². The number of halogens is 1. The Bertz CT molecular complexity index is 260. The lowest BCUT2D eigenvalue weighted by Crippen LogP contribution is -2.16. The summed E-state index contributed by atoms with van der Waals surface area (Å²) in [6.07, 6.45) is 3.69. The maximum atomic E-state index is 6.25. The van der Waals surface area contributed by atoms with E-state index in [-0.39, 0.29) is 10.8 Å². The summed E-state index contributed by atoms with van der Waals surface area (Å²) in [5.41, 5.74) is 0.0562. The Kier molecular flexibility index (Phi) is 2.47. The maximum absolute atomic E-state index is 6.25. The number of aryl methyl sites for hydroxylation is 1. The zero-order valence-electron chi connectivity index (χ0n) is 8.00. The summed E-state index contributed by atoms with van der Waals surface area (Å²) in [6.45, 7) is 6.33. The van der Waals surface area contributed by atoms with E-state index in [0.29, 0.717) is 0 Å². The van der Waals surface area contributed by atoms with Crippen LogP contribution in [0.4, 0.5) is 0 Å². The molecule has 0 saturated carbocycles. The molecule has 1 rings (SSSR count). The average Bonchev–Trinajstić information content (AvgIpc) is 2.31. The van der Waals surface area contributed by atoms with Crippen molar-refractivity contribution in [2.45, 2.75) is 26.1 Å². The minimum atomic E-state index is -0.0301. The summed E-state index contributed by atoms with van der Waals surface area (Å²) in [5.74, 6) is 0.934. The molecule has 1 heterocycles. The second-order valence-electron chi connectivity index (χ2n) is 4.12. The predicted octanol–water partition coefficient (Wildman–Crippen LogP) is 2.75. The van der Waals surface area contributed by atoms with Crippen LogP contribution in [0.1, 0.15) is 32.0 Å². The van der Waals surface area contributed by atoms with Gasteiger partial charge in [0.25, 0.3) is 0 Å². The molecule has 0 bridgehead atoms. The molecule has 3 heteroatoms. The molecule has 68 valence electrons. The van der Waals surface area contributed by atoms with Gasteiger partial charge in [-0.25, -0.2) is 4.98 Å². The van der Waals surface area contributed by atoms with Crippen LogP contribution in [0, 0.1) is 5.41 Å². The predicted molar refractivity (Wildman–Crippen MR) is 51.3 cm³/mol. The number of imidazole rings is 1. The van der Waals surface area contributed by atoms with Crippen molar-refractivity contribution in [2.24, 2.45) is 12.5 Å². The van der Waals surface area contributed by atoms with Gasteiger partial charge in [-0.05, 0) is 5.41 Å². The number of rotatable bonds is 1. The fourth-order valence-corrected chi connectivity index (χ4v) is 1.22. The first-order valence-electron chi connectivity index (χ1n) is 4.04. The van der Waals surface area contributed by atoms with E-state index in [0.717, 1.165) is 5.82 Å². The molecule has 1 aromatic heterocycles. The lowest BCUT2D eigenvalue weighted by Gasteiger charge is -2.24. The van der Waals surface area contributed by atoms with Crippen molar-refractivity contribution >= 4 is 11.6 Å². The summed E-state index contributed by atoms with van der Waals surface area (Å²) in [4.78, 5) is 4.21. The van der Waals surface area contributed by atoms with E-state index >= 15 is 0 Å². The molecule has 0 saturated heterocycles. The van der Waals surface area contributed by atoms with Crippen LogP contribution in [-0.2, 0) is 7.05 Å². The molecule has 0 aliphatic heterocycles. The van der Waals surface area contributed by atoms with E-state index < -0.39 is 0 Å². The number of alkyl halides is 1. The van der Waals surface area contributed by atoms with Crippen LogP contribution >= 0.6 is 11.6 Å². The first-order chi connectivity index (χ1) is 5.43. The molecule has 1 aromatic rings. The number of nitrogens with zero attached hydrogens (tertiary/aromatic N) is 2. The summed E-state index contributed by atoms with van der Waals surface area (Å²) >= 11 is 6.25. The van der Waals surface area contributed by atoms with Crippen LogP contribution in [0.3, 0.4) is 0 Å². The fraction of sp³-hybridized carbons (Fsp3) is 0.667. The molecule has 0 N–H and O–H groups in total. The van der Waals surface area contributed by atoms with Crippen LogP contribution in [-0.4, -0.2) is 9.55 Å². The van der Waals surface area contributed by atoms with Crippen LogP contribution in [0.2, 0.25) is 0 Å². The highest BCUT2D eigenvalue weighted by molar-refractivity contribution is 6.20. The lowest BCUT2D eigenvalue weighted by molar-refractivity contribution is 0.380. The third kappa shape index (κ3) is 1.81.